The van der Waals surface area contributed by atoms with Crippen LogP contribution in [0, 0.1) is 0 Å². The lowest BCUT2D eigenvalue weighted by atomic mass is 9.67. The van der Waals surface area contributed by atoms with Crippen LogP contribution in [0.25, 0.3) is 78.2 Å². The minimum Gasteiger partial charge on any atom is -0.247 e. The van der Waals surface area contributed by atoms with Gasteiger partial charge in [-0.25, -0.2) is 19.9 Å². The zero-order chi connectivity index (χ0) is 38.2. The van der Waals surface area contributed by atoms with E-state index in [0.717, 1.165) is 49.6 Å². The molecule has 8 aromatic carbocycles. The molecule has 0 unspecified atom stereocenters. The third-order valence-electron chi connectivity index (χ3n) is 11.8. The fourth-order valence-corrected chi connectivity index (χ4v) is 10.5. The molecule has 0 saturated carbocycles. The standard InChI is InChI=1S/C53H32N4S/c1-4-16-33(17-5-1)49-41-32-48-45(53(44-26-14-15-27-47(44)58-48)42-24-12-10-22-37(42)38-23-11-13-25-43(38)53)31-39(41)40-30-36(28-29-46(40)54-49)52-56-50(34-18-6-2-7-19-34)55-51(57-52)35-20-8-3-9-21-35/h1-32H. The summed E-state index contributed by atoms with van der Waals surface area (Å²) in [4.78, 5) is 23.1. The molecule has 58 heavy (non-hydrogen) atoms. The van der Waals surface area contributed by atoms with Crippen molar-refractivity contribution in [3.05, 3.63) is 216 Å². The van der Waals surface area contributed by atoms with Gasteiger partial charge in [0.1, 0.15) is 0 Å². The first-order valence-electron chi connectivity index (χ1n) is 19.6. The highest BCUT2D eigenvalue weighted by Gasteiger charge is 2.50. The average Bonchev–Trinajstić information content (AvgIpc) is 3.59. The van der Waals surface area contributed by atoms with Crippen molar-refractivity contribution in [2.24, 2.45) is 0 Å². The van der Waals surface area contributed by atoms with Crippen molar-refractivity contribution >= 4 is 33.4 Å². The Morgan fingerprint density at radius 2 is 0.845 bits per heavy atom. The van der Waals surface area contributed by atoms with Crippen molar-refractivity contribution in [2.45, 2.75) is 15.2 Å². The van der Waals surface area contributed by atoms with Gasteiger partial charge >= 0.3 is 0 Å². The predicted molar refractivity (Wildman–Crippen MR) is 236 cm³/mol. The summed E-state index contributed by atoms with van der Waals surface area (Å²) in [6, 6.07) is 69.1. The highest BCUT2D eigenvalue weighted by molar-refractivity contribution is 7.99. The molecule has 0 N–H and O–H groups in total. The number of pyridine rings is 1. The van der Waals surface area contributed by atoms with Gasteiger partial charge in [-0.3, -0.25) is 0 Å². The number of aromatic nitrogens is 4. The lowest BCUT2D eigenvalue weighted by Crippen LogP contribution is -2.32. The third-order valence-corrected chi connectivity index (χ3v) is 12.9. The van der Waals surface area contributed by atoms with Gasteiger partial charge in [0, 0.05) is 42.8 Å². The van der Waals surface area contributed by atoms with Gasteiger partial charge in [-0.05, 0) is 75.2 Å². The highest BCUT2D eigenvalue weighted by atomic mass is 32.2. The van der Waals surface area contributed by atoms with E-state index < -0.39 is 5.41 Å². The Labute approximate surface area is 340 Å². The SMILES string of the molecule is c1ccc(-c2nc(-c3ccccc3)nc(-c3ccc4nc(-c5ccccc5)c5cc6c(cc5c4c3)C3(c4ccccc4S6)c4ccccc4-c4ccccc43)n2)cc1. The monoisotopic (exact) mass is 756 g/mol. The number of hydrogen-bond acceptors (Lipinski definition) is 5. The van der Waals surface area contributed by atoms with Gasteiger partial charge in [0.2, 0.25) is 0 Å². The molecule has 0 amide bonds. The zero-order valence-electron chi connectivity index (χ0n) is 31.2. The van der Waals surface area contributed by atoms with E-state index >= 15 is 0 Å². The summed E-state index contributed by atoms with van der Waals surface area (Å²) in [5, 5.41) is 3.31. The van der Waals surface area contributed by atoms with Crippen molar-refractivity contribution < 1.29 is 0 Å². The maximum absolute atomic E-state index is 5.43. The minimum absolute atomic E-state index is 0.498. The van der Waals surface area contributed by atoms with E-state index in [1.165, 1.54) is 43.2 Å². The van der Waals surface area contributed by atoms with Crippen LogP contribution in [0.4, 0.5) is 0 Å². The summed E-state index contributed by atoms with van der Waals surface area (Å²) in [7, 11) is 0. The first-order valence-corrected chi connectivity index (χ1v) is 20.4. The van der Waals surface area contributed by atoms with E-state index in [4.69, 9.17) is 19.9 Å². The van der Waals surface area contributed by atoms with Crippen LogP contribution in [-0.4, -0.2) is 19.9 Å². The molecule has 12 rings (SSSR count). The Hall–Kier alpha value is -7.21. The van der Waals surface area contributed by atoms with Gasteiger partial charge in [0.05, 0.1) is 16.6 Å². The molecule has 3 heterocycles. The normalized spacial score (nSPS) is 13.2. The summed E-state index contributed by atoms with van der Waals surface area (Å²) >= 11 is 1.86. The Kier molecular flexibility index (Phi) is 7.34. The molecule has 0 saturated heterocycles. The lowest BCUT2D eigenvalue weighted by Gasteiger charge is -2.40. The van der Waals surface area contributed by atoms with Crippen molar-refractivity contribution in [3.63, 3.8) is 0 Å². The van der Waals surface area contributed by atoms with Gasteiger partial charge in [-0.2, -0.15) is 0 Å². The Morgan fingerprint density at radius 1 is 0.328 bits per heavy atom. The van der Waals surface area contributed by atoms with Gasteiger partial charge in [0.25, 0.3) is 0 Å². The third kappa shape index (κ3) is 4.90. The van der Waals surface area contributed by atoms with Crippen LogP contribution in [0.2, 0.25) is 0 Å². The molecular formula is C53H32N4S. The molecule has 0 atom stereocenters. The van der Waals surface area contributed by atoms with Gasteiger partial charge in [0.15, 0.2) is 17.5 Å². The first-order chi connectivity index (χ1) is 28.7. The molecule has 4 nitrogen and oxygen atoms in total. The fourth-order valence-electron chi connectivity index (χ4n) is 9.24. The Balaban J connectivity index is 1.17. The molecule has 1 aliphatic heterocycles. The molecule has 5 heteroatoms. The van der Waals surface area contributed by atoms with Crippen molar-refractivity contribution in [1.29, 1.82) is 0 Å². The second-order valence-corrected chi connectivity index (χ2v) is 16.0. The first kappa shape index (κ1) is 33.0. The molecule has 2 aliphatic rings. The van der Waals surface area contributed by atoms with Gasteiger partial charge in [-0.15, -0.1) is 0 Å². The summed E-state index contributed by atoms with van der Waals surface area (Å²) in [6.45, 7) is 0. The van der Waals surface area contributed by atoms with Crippen LogP contribution in [0.15, 0.2) is 204 Å². The van der Waals surface area contributed by atoms with E-state index in [2.05, 4.69) is 133 Å². The maximum Gasteiger partial charge on any atom is 0.164 e. The van der Waals surface area contributed by atoms with E-state index in [1.807, 2.05) is 72.4 Å². The predicted octanol–water partition coefficient (Wildman–Crippen LogP) is 13.1. The maximum atomic E-state index is 5.43. The second kappa shape index (κ2) is 12.9. The van der Waals surface area contributed by atoms with Crippen molar-refractivity contribution in [3.8, 4) is 56.5 Å². The molecule has 1 spiro atoms. The topological polar surface area (TPSA) is 51.6 Å². The zero-order valence-corrected chi connectivity index (χ0v) is 32.0. The van der Waals surface area contributed by atoms with Crippen LogP contribution >= 0.6 is 11.8 Å². The van der Waals surface area contributed by atoms with E-state index in [1.54, 1.807) is 0 Å². The molecule has 0 bridgehead atoms. The lowest BCUT2D eigenvalue weighted by molar-refractivity contribution is 0.724. The van der Waals surface area contributed by atoms with Crippen LogP contribution in [-0.2, 0) is 5.41 Å². The van der Waals surface area contributed by atoms with Crippen LogP contribution in [0.5, 0.6) is 0 Å². The van der Waals surface area contributed by atoms with Gasteiger partial charge < -0.3 is 0 Å². The van der Waals surface area contributed by atoms with Crippen molar-refractivity contribution in [2.75, 3.05) is 0 Å². The number of hydrogen-bond donors (Lipinski definition) is 0. The highest BCUT2D eigenvalue weighted by Crippen LogP contribution is 2.62. The number of rotatable bonds is 4. The van der Waals surface area contributed by atoms with Crippen LogP contribution < -0.4 is 0 Å². The largest absolute Gasteiger partial charge is 0.247 e. The van der Waals surface area contributed by atoms with Crippen LogP contribution in [0.3, 0.4) is 0 Å². The Morgan fingerprint density at radius 3 is 1.47 bits per heavy atom. The second-order valence-electron chi connectivity index (χ2n) is 14.9. The molecule has 0 fully saturated rings. The quantitative estimate of drug-likeness (QED) is 0.167. The van der Waals surface area contributed by atoms with Crippen molar-refractivity contribution in [1.82, 2.24) is 19.9 Å². The molecule has 10 aromatic rings. The summed E-state index contributed by atoms with van der Waals surface area (Å²) in [6.07, 6.45) is 0. The molecule has 270 valence electrons. The number of fused-ring (bicyclic) bond motifs is 12. The van der Waals surface area contributed by atoms with Crippen LogP contribution in [0.1, 0.15) is 22.3 Å². The molecule has 0 radical (unpaired) electrons. The Bertz CT molecular complexity index is 3150. The van der Waals surface area contributed by atoms with E-state index in [0.29, 0.717) is 17.5 Å². The molecule has 1 aliphatic carbocycles. The summed E-state index contributed by atoms with van der Waals surface area (Å²) in [5.41, 5.74) is 13.1. The minimum atomic E-state index is -0.498. The average molecular weight is 757 g/mol. The number of benzene rings is 8. The van der Waals surface area contributed by atoms with Gasteiger partial charge in [-0.1, -0.05) is 169 Å². The smallest absolute Gasteiger partial charge is 0.164 e. The molecule has 2 aromatic heterocycles. The van der Waals surface area contributed by atoms with E-state index in [-0.39, 0.29) is 0 Å². The summed E-state index contributed by atoms with van der Waals surface area (Å²) in [5.74, 6) is 1.89. The fraction of sp³-hybridized carbons (Fsp3) is 0.0189. The van der Waals surface area contributed by atoms with E-state index in [9.17, 15) is 0 Å². The summed E-state index contributed by atoms with van der Waals surface area (Å²) < 4.78 is 0. The number of nitrogens with zero attached hydrogens (tertiary/aromatic N) is 4. The molecular weight excluding hydrogens is 725 g/mol.